The smallest absolute Gasteiger partial charge is 0.0594 e. The molecule has 2 aliphatic rings. The second kappa shape index (κ2) is 3.73. The van der Waals surface area contributed by atoms with Crippen LogP contribution in [0.5, 0.6) is 0 Å². The van der Waals surface area contributed by atoms with E-state index in [9.17, 15) is 0 Å². The Labute approximate surface area is 73.9 Å². The lowest BCUT2D eigenvalue weighted by Crippen LogP contribution is -2.44. The molecule has 0 bridgehead atoms. The molecule has 0 spiro atoms. The highest BCUT2D eigenvalue weighted by molar-refractivity contribution is 4.86. The van der Waals surface area contributed by atoms with Gasteiger partial charge in [0, 0.05) is 25.7 Å². The normalized spacial score (nSPS) is 28.8. The van der Waals surface area contributed by atoms with Crippen LogP contribution in [0.2, 0.25) is 0 Å². The van der Waals surface area contributed by atoms with Crippen LogP contribution >= 0.6 is 0 Å². The van der Waals surface area contributed by atoms with Crippen LogP contribution in [0.4, 0.5) is 0 Å². The molecule has 0 aromatic heterocycles. The van der Waals surface area contributed by atoms with E-state index in [4.69, 9.17) is 10.5 Å². The van der Waals surface area contributed by atoms with Crippen molar-refractivity contribution in [3.8, 4) is 0 Å². The van der Waals surface area contributed by atoms with Gasteiger partial charge in [-0.1, -0.05) is 0 Å². The summed E-state index contributed by atoms with van der Waals surface area (Å²) in [6.45, 7) is 4.99. The standard InChI is InChI=1S/C9H18N2O/c10-9(8-1-2-8)7-11-3-5-12-6-4-11/h8-9H,1-7,10H2/t9-/m1/s1. The summed E-state index contributed by atoms with van der Waals surface area (Å²) in [6.07, 6.45) is 2.71. The van der Waals surface area contributed by atoms with Crippen LogP contribution < -0.4 is 5.73 Å². The van der Waals surface area contributed by atoms with E-state index < -0.39 is 0 Å². The van der Waals surface area contributed by atoms with E-state index in [1.165, 1.54) is 12.8 Å². The molecule has 2 N–H and O–H groups in total. The van der Waals surface area contributed by atoms with Crippen LogP contribution in [0.1, 0.15) is 12.8 Å². The van der Waals surface area contributed by atoms with Crippen molar-refractivity contribution < 1.29 is 4.74 Å². The Bertz CT molecular complexity index is 141. The van der Waals surface area contributed by atoms with Gasteiger partial charge in [-0.15, -0.1) is 0 Å². The predicted octanol–water partition coefficient (Wildman–Crippen LogP) is 0.0559. The molecule has 1 saturated heterocycles. The highest BCUT2D eigenvalue weighted by Gasteiger charge is 2.29. The summed E-state index contributed by atoms with van der Waals surface area (Å²) in [4.78, 5) is 2.42. The molecule has 1 saturated carbocycles. The molecule has 3 nitrogen and oxygen atoms in total. The van der Waals surface area contributed by atoms with Gasteiger partial charge in [0.05, 0.1) is 13.2 Å². The number of rotatable bonds is 3. The van der Waals surface area contributed by atoms with Gasteiger partial charge in [0.25, 0.3) is 0 Å². The number of morpholine rings is 1. The molecule has 70 valence electrons. The molecular weight excluding hydrogens is 152 g/mol. The fraction of sp³-hybridized carbons (Fsp3) is 1.00. The van der Waals surface area contributed by atoms with Gasteiger partial charge in [0.1, 0.15) is 0 Å². The van der Waals surface area contributed by atoms with Gasteiger partial charge in [-0.25, -0.2) is 0 Å². The van der Waals surface area contributed by atoms with E-state index >= 15 is 0 Å². The van der Waals surface area contributed by atoms with Gasteiger partial charge < -0.3 is 10.5 Å². The first-order chi connectivity index (χ1) is 5.86. The third-order valence-electron chi connectivity index (χ3n) is 2.80. The van der Waals surface area contributed by atoms with E-state index in [1.54, 1.807) is 0 Å². The molecular formula is C9H18N2O. The molecule has 12 heavy (non-hydrogen) atoms. The maximum absolute atomic E-state index is 6.03. The molecule has 0 amide bonds. The third-order valence-corrected chi connectivity index (χ3v) is 2.80. The molecule has 0 aromatic rings. The van der Waals surface area contributed by atoms with Crippen molar-refractivity contribution >= 4 is 0 Å². The fourth-order valence-corrected chi connectivity index (χ4v) is 1.76. The predicted molar refractivity (Wildman–Crippen MR) is 48.0 cm³/mol. The minimum absolute atomic E-state index is 0.420. The Balaban J connectivity index is 1.69. The minimum atomic E-state index is 0.420. The zero-order valence-corrected chi connectivity index (χ0v) is 7.54. The Morgan fingerprint density at radius 1 is 1.33 bits per heavy atom. The van der Waals surface area contributed by atoms with E-state index in [0.717, 1.165) is 38.8 Å². The van der Waals surface area contributed by atoms with E-state index in [-0.39, 0.29) is 0 Å². The summed E-state index contributed by atoms with van der Waals surface area (Å²) in [5.74, 6) is 0.827. The average molecular weight is 170 g/mol. The first kappa shape index (κ1) is 8.48. The second-order valence-electron chi connectivity index (χ2n) is 3.91. The highest BCUT2D eigenvalue weighted by Crippen LogP contribution is 2.31. The first-order valence-corrected chi connectivity index (χ1v) is 4.92. The third kappa shape index (κ3) is 2.19. The molecule has 1 atom stereocenters. The van der Waals surface area contributed by atoms with Gasteiger partial charge in [0.15, 0.2) is 0 Å². The van der Waals surface area contributed by atoms with Crippen molar-refractivity contribution in [2.24, 2.45) is 11.7 Å². The Morgan fingerprint density at radius 3 is 2.58 bits per heavy atom. The molecule has 0 unspecified atom stereocenters. The lowest BCUT2D eigenvalue weighted by molar-refractivity contribution is 0.0344. The summed E-state index contributed by atoms with van der Waals surface area (Å²) in [5.41, 5.74) is 6.03. The Hall–Kier alpha value is -0.120. The molecule has 3 heteroatoms. The second-order valence-corrected chi connectivity index (χ2v) is 3.91. The van der Waals surface area contributed by atoms with E-state index in [1.807, 2.05) is 0 Å². The summed E-state index contributed by atoms with van der Waals surface area (Å²) in [5, 5.41) is 0. The number of hydrogen-bond acceptors (Lipinski definition) is 3. The van der Waals surface area contributed by atoms with E-state index in [2.05, 4.69) is 4.90 Å². The molecule has 1 aliphatic heterocycles. The Morgan fingerprint density at radius 2 is 2.00 bits per heavy atom. The lowest BCUT2D eigenvalue weighted by Gasteiger charge is -2.28. The van der Waals surface area contributed by atoms with Crippen LogP contribution in [-0.4, -0.2) is 43.8 Å². The fourth-order valence-electron chi connectivity index (χ4n) is 1.76. The molecule has 2 fully saturated rings. The maximum Gasteiger partial charge on any atom is 0.0594 e. The summed E-state index contributed by atoms with van der Waals surface area (Å²) < 4.78 is 5.27. The number of nitrogens with zero attached hydrogens (tertiary/aromatic N) is 1. The summed E-state index contributed by atoms with van der Waals surface area (Å²) in [7, 11) is 0. The minimum Gasteiger partial charge on any atom is -0.379 e. The van der Waals surface area contributed by atoms with Crippen LogP contribution in [0.15, 0.2) is 0 Å². The Kier molecular flexibility index (Phi) is 2.63. The number of hydrogen-bond donors (Lipinski definition) is 1. The van der Waals surface area contributed by atoms with Gasteiger partial charge >= 0.3 is 0 Å². The van der Waals surface area contributed by atoms with Crippen LogP contribution in [0.3, 0.4) is 0 Å². The van der Waals surface area contributed by atoms with Crippen molar-refractivity contribution in [2.75, 3.05) is 32.8 Å². The molecule has 0 radical (unpaired) electrons. The zero-order valence-electron chi connectivity index (χ0n) is 7.54. The van der Waals surface area contributed by atoms with Gasteiger partial charge in [-0.05, 0) is 18.8 Å². The van der Waals surface area contributed by atoms with Crippen LogP contribution in [0.25, 0.3) is 0 Å². The van der Waals surface area contributed by atoms with Crippen molar-refractivity contribution in [3.05, 3.63) is 0 Å². The SMILES string of the molecule is N[C@H](CN1CCOCC1)C1CC1. The van der Waals surface area contributed by atoms with Crippen molar-refractivity contribution in [2.45, 2.75) is 18.9 Å². The average Bonchev–Trinajstić information content (AvgIpc) is 2.88. The van der Waals surface area contributed by atoms with Crippen molar-refractivity contribution in [3.63, 3.8) is 0 Å². The van der Waals surface area contributed by atoms with Crippen LogP contribution in [0, 0.1) is 5.92 Å². The monoisotopic (exact) mass is 170 g/mol. The summed E-state index contributed by atoms with van der Waals surface area (Å²) in [6, 6.07) is 0.420. The summed E-state index contributed by atoms with van der Waals surface area (Å²) >= 11 is 0. The molecule has 1 aliphatic carbocycles. The highest BCUT2D eigenvalue weighted by atomic mass is 16.5. The van der Waals surface area contributed by atoms with Crippen LogP contribution in [-0.2, 0) is 4.74 Å². The molecule has 0 aromatic carbocycles. The zero-order chi connectivity index (χ0) is 8.39. The lowest BCUT2D eigenvalue weighted by atomic mass is 10.2. The topological polar surface area (TPSA) is 38.5 Å². The number of ether oxygens (including phenoxy) is 1. The quantitative estimate of drug-likeness (QED) is 0.650. The van der Waals surface area contributed by atoms with Crippen molar-refractivity contribution in [1.29, 1.82) is 0 Å². The van der Waals surface area contributed by atoms with Crippen molar-refractivity contribution in [1.82, 2.24) is 4.90 Å². The first-order valence-electron chi connectivity index (χ1n) is 4.92. The largest absolute Gasteiger partial charge is 0.379 e. The molecule has 1 heterocycles. The van der Waals surface area contributed by atoms with Gasteiger partial charge in [0.2, 0.25) is 0 Å². The number of nitrogens with two attached hydrogens (primary N) is 1. The maximum atomic E-state index is 6.03. The van der Waals surface area contributed by atoms with Gasteiger partial charge in [-0.3, -0.25) is 4.90 Å². The molecule has 2 rings (SSSR count). The van der Waals surface area contributed by atoms with Gasteiger partial charge in [-0.2, -0.15) is 0 Å². The van der Waals surface area contributed by atoms with E-state index in [0.29, 0.717) is 6.04 Å².